The molecule has 1 aliphatic carbocycles. The van der Waals surface area contributed by atoms with Gasteiger partial charge in [-0.3, -0.25) is 0 Å². The lowest BCUT2D eigenvalue weighted by Gasteiger charge is -2.35. The lowest BCUT2D eigenvalue weighted by atomic mass is 9.96. The zero-order valence-electron chi connectivity index (χ0n) is 11.8. The van der Waals surface area contributed by atoms with Gasteiger partial charge < -0.3 is 10.2 Å². The molecule has 0 radical (unpaired) electrons. The predicted molar refractivity (Wildman–Crippen MR) is 73.9 cm³/mol. The Bertz CT molecular complexity index is 354. The molecular weight excluding hydrogens is 268 g/mol. The summed E-state index contributed by atoms with van der Waals surface area (Å²) in [5, 5.41) is 18.7. The van der Waals surface area contributed by atoms with Crippen LogP contribution in [0.5, 0.6) is 0 Å². The second kappa shape index (κ2) is 6.99. The molecule has 0 aromatic heterocycles. The van der Waals surface area contributed by atoms with Crippen LogP contribution in [0.25, 0.3) is 0 Å². The molecule has 3 N–H and O–H groups in total. The van der Waals surface area contributed by atoms with Gasteiger partial charge in [-0.2, -0.15) is 17.4 Å². The maximum Gasteiger partial charge on any atom is 0.280 e. The van der Waals surface area contributed by atoms with E-state index in [2.05, 4.69) is 4.72 Å². The van der Waals surface area contributed by atoms with Crippen LogP contribution in [0.4, 0.5) is 0 Å². The number of nitrogens with one attached hydrogen (secondary N) is 1. The zero-order valence-corrected chi connectivity index (χ0v) is 12.6. The van der Waals surface area contributed by atoms with Crippen molar-refractivity contribution in [2.75, 3.05) is 20.3 Å². The summed E-state index contributed by atoms with van der Waals surface area (Å²) in [4.78, 5) is 0. The third kappa shape index (κ3) is 4.13. The number of hydrogen-bond acceptors (Lipinski definition) is 4. The summed E-state index contributed by atoms with van der Waals surface area (Å²) in [6.45, 7) is 0.894. The van der Waals surface area contributed by atoms with Gasteiger partial charge in [-0.25, -0.2) is 0 Å². The number of rotatable bonds is 7. The SMILES string of the molecule is CCC(CO)(CO)NS(=O)(=O)N(C)C1CCCCC1. The third-order valence-electron chi connectivity index (χ3n) is 4.10. The Hall–Kier alpha value is -0.210. The number of hydrogen-bond donors (Lipinski definition) is 3. The van der Waals surface area contributed by atoms with E-state index in [-0.39, 0.29) is 6.04 Å². The molecule has 0 spiro atoms. The number of nitrogens with zero attached hydrogens (tertiary/aromatic N) is 1. The van der Waals surface area contributed by atoms with Crippen LogP contribution in [0.15, 0.2) is 0 Å². The van der Waals surface area contributed by atoms with Gasteiger partial charge in [0.2, 0.25) is 0 Å². The van der Waals surface area contributed by atoms with Gasteiger partial charge in [0.05, 0.1) is 18.8 Å². The van der Waals surface area contributed by atoms with Crippen LogP contribution in [0, 0.1) is 0 Å². The quantitative estimate of drug-likeness (QED) is 0.626. The zero-order chi connectivity index (χ0) is 14.5. The van der Waals surface area contributed by atoms with Gasteiger partial charge in [0.15, 0.2) is 0 Å². The minimum Gasteiger partial charge on any atom is -0.394 e. The molecule has 1 aliphatic rings. The predicted octanol–water partition coefficient (Wildman–Crippen LogP) is 0.219. The molecule has 6 nitrogen and oxygen atoms in total. The lowest BCUT2D eigenvalue weighted by Crippen LogP contribution is -2.58. The topological polar surface area (TPSA) is 89.9 Å². The van der Waals surface area contributed by atoms with Crippen molar-refractivity contribution in [3.63, 3.8) is 0 Å². The fraction of sp³-hybridized carbons (Fsp3) is 1.00. The van der Waals surface area contributed by atoms with Crippen molar-refractivity contribution in [1.82, 2.24) is 9.03 Å². The standard InChI is InChI=1S/C12H26N2O4S/c1-3-12(9-15,10-16)13-19(17,18)14(2)11-7-5-4-6-8-11/h11,13,15-16H,3-10H2,1-2H3. The summed E-state index contributed by atoms with van der Waals surface area (Å²) in [6, 6.07) is 0.0122. The fourth-order valence-electron chi connectivity index (χ4n) is 2.40. The fourth-order valence-corrected chi connectivity index (χ4v) is 3.96. The highest BCUT2D eigenvalue weighted by Gasteiger charge is 2.36. The largest absolute Gasteiger partial charge is 0.394 e. The molecule has 114 valence electrons. The molecule has 1 fully saturated rings. The maximum absolute atomic E-state index is 12.3. The van der Waals surface area contributed by atoms with Crippen LogP contribution in [0.3, 0.4) is 0 Å². The molecule has 1 rings (SSSR count). The molecule has 1 saturated carbocycles. The van der Waals surface area contributed by atoms with Crippen molar-refractivity contribution in [1.29, 1.82) is 0 Å². The molecular formula is C12H26N2O4S. The molecule has 0 amide bonds. The van der Waals surface area contributed by atoms with E-state index in [1.807, 2.05) is 0 Å². The van der Waals surface area contributed by atoms with Gasteiger partial charge in [0.1, 0.15) is 0 Å². The Morgan fingerprint density at radius 1 is 1.21 bits per heavy atom. The van der Waals surface area contributed by atoms with Crippen LogP contribution >= 0.6 is 0 Å². The Balaban J connectivity index is 2.78. The van der Waals surface area contributed by atoms with Crippen LogP contribution < -0.4 is 4.72 Å². The molecule has 7 heteroatoms. The molecule has 0 aromatic carbocycles. The first-order valence-electron chi connectivity index (χ1n) is 6.89. The van der Waals surface area contributed by atoms with Crippen molar-refractivity contribution in [2.45, 2.75) is 57.0 Å². The summed E-state index contributed by atoms with van der Waals surface area (Å²) < 4.78 is 28.4. The Morgan fingerprint density at radius 3 is 2.16 bits per heavy atom. The van der Waals surface area contributed by atoms with Crippen molar-refractivity contribution < 1.29 is 18.6 Å². The molecule has 0 unspecified atom stereocenters. The number of aliphatic hydroxyl groups is 2. The van der Waals surface area contributed by atoms with Crippen LogP contribution in [0.1, 0.15) is 45.4 Å². The molecule has 0 heterocycles. The van der Waals surface area contributed by atoms with Gasteiger partial charge in [-0.15, -0.1) is 0 Å². The van der Waals surface area contributed by atoms with Crippen LogP contribution in [0.2, 0.25) is 0 Å². The van der Waals surface area contributed by atoms with E-state index in [4.69, 9.17) is 0 Å². The van der Waals surface area contributed by atoms with E-state index in [0.717, 1.165) is 32.1 Å². The van der Waals surface area contributed by atoms with Gasteiger partial charge >= 0.3 is 0 Å². The molecule has 0 aliphatic heterocycles. The molecule has 0 aromatic rings. The molecule has 0 saturated heterocycles. The van der Waals surface area contributed by atoms with Gasteiger partial charge in [0, 0.05) is 13.1 Å². The highest BCUT2D eigenvalue weighted by atomic mass is 32.2. The van der Waals surface area contributed by atoms with Crippen LogP contribution in [-0.2, 0) is 10.2 Å². The van der Waals surface area contributed by atoms with E-state index in [0.29, 0.717) is 6.42 Å². The van der Waals surface area contributed by atoms with E-state index in [1.54, 1.807) is 14.0 Å². The maximum atomic E-state index is 12.3. The van der Waals surface area contributed by atoms with Crippen molar-refractivity contribution in [3.8, 4) is 0 Å². The summed E-state index contributed by atoms with van der Waals surface area (Å²) >= 11 is 0. The van der Waals surface area contributed by atoms with Crippen molar-refractivity contribution in [2.24, 2.45) is 0 Å². The minimum atomic E-state index is -3.69. The Morgan fingerprint density at radius 2 is 1.74 bits per heavy atom. The normalized spacial score (nSPS) is 19.0. The third-order valence-corrected chi connectivity index (χ3v) is 5.84. The average molecular weight is 294 g/mol. The summed E-state index contributed by atoms with van der Waals surface area (Å²) in [6.07, 6.45) is 5.32. The first kappa shape index (κ1) is 16.8. The second-order valence-corrected chi connectivity index (χ2v) is 7.10. The highest BCUT2D eigenvalue weighted by Crippen LogP contribution is 2.24. The summed E-state index contributed by atoms with van der Waals surface area (Å²) in [7, 11) is -2.13. The molecule has 0 bridgehead atoms. The van der Waals surface area contributed by atoms with Gasteiger partial charge in [-0.05, 0) is 19.3 Å². The van der Waals surface area contributed by atoms with E-state index in [1.165, 1.54) is 4.31 Å². The van der Waals surface area contributed by atoms with E-state index < -0.39 is 29.0 Å². The molecule has 19 heavy (non-hydrogen) atoms. The second-order valence-electron chi connectivity index (χ2n) is 5.37. The smallest absolute Gasteiger partial charge is 0.280 e. The summed E-state index contributed by atoms with van der Waals surface area (Å²) in [5.74, 6) is 0. The Kier molecular flexibility index (Phi) is 6.19. The van der Waals surface area contributed by atoms with Crippen molar-refractivity contribution in [3.05, 3.63) is 0 Å². The van der Waals surface area contributed by atoms with E-state index in [9.17, 15) is 18.6 Å². The molecule has 0 atom stereocenters. The summed E-state index contributed by atoms with van der Waals surface area (Å²) in [5.41, 5.74) is -1.18. The highest BCUT2D eigenvalue weighted by molar-refractivity contribution is 7.87. The number of aliphatic hydroxyl groups excluding tert-OH is 2. The lowest BCUT2D eigenvalue weighted by molar-refractivity contribution is 0.103. The van der Waals surface area contributed by atoms with Gasteiger partial charge in [0.25, 0.3) is 10.2 Å². The minimum absolute atomic E-state index is 0.0122. The van der Waals surface area contributed by atoms with Crippen LogP contribution in [-0.4, -0.2) is 54.8 Å². The van der Waals surface area contributed by atoms with Gasteiger partial charge in [-0.1, -0.05) is 26.2 Å². The monoisotopic (exact) mass is 294 g/mol. The van der Waals surface area contributed by atoms with E-state index >= 15 is 0 Å². The first-order chi connectivity index (χ1) is 8.90. The van der Waals surface area contributed by atoms with Crippen molar-refractivity contribution >= 4 is 10.2 Å². The average Bonchev–Trinajstić information content (AvgIpc) is 2.45. The first-order valence-corrected chi connectivity index (χ1v) is 8.33. The Labute approximate surface area is 116 Å².